The van der Waals surface area contributed by atoms with Crippen LogP contribution in [-0.4, -0.2) is 5.48 Å². The highest BCUT2D eigenvalue weighted by Crippen LogP contribution is 2.08. The first-order chi connectivity index (χ1) is 4.43. The van der Waals surface area contributed by atoms with Crippen molar-refractivity contribution in [1.82, 2.24) is 0 Å². The molecule has 52 valence electrons. The number of hydrogen-bond acceptors (Lipinski definition) is 1. The third-order valence-corrected chi connectivity index (χ3v) is 0.916. The molecule has 1 rings (SSSR count). The summed E-state index contributed by atoms with van der Waals surface area (Å²) in [5.74, 6) is 0. The minimum Gasteiger partial charge on any atom is -0.412 e. The quantitative estimate of drug-likeness (QED) is 0.321. The van der Waals surface area contributed by atoms with Crippen molar-refractivity contribution in [2.45, 2.75) is 0 Å². The maximum absolute atomic E-state index is 7.98. The topological polar surface area (TPSA) is 80.3 Å². The van der Waals surface area contributed by atoms with E-state index in [9.17, 15) is 0 Å². The molecule has 0 saturated carbocycles. The first-order valence-electron chi connectivity index (χ1n) is 2.53. The van der Waals surface area contributed by atoms with Crippen LogP contribution in [0.2, 0.25) is 0 Å². The van der Waals surface area contributed by atoms with Gasteiger partial charge in [-0.25, -0.2) is 0 Å². The lowest BCUT2D eigenvalue weighted by atomic mass is 10.3. The summed E-state index contributed by atoms with van der Waals surface area (Å²) in [5, 5.41) is 3.39. The summed E-state index contributed by atoms with van der Waals surface area (Å²) in [7, 11) is 0. The van der Waals surface area contributed by atoms with E-state index < -0.39 is 0 Å². The second kappa shape index (κ2) is 4.38. The van der Waals surface area contributed by atoms with Crippen LogP contribution >= 0.6 is 0 Å². The molecule has 0 atom stereocenters. The molecule has 0 aliphatic rings. The third kappa shape index (κ3) is 2.17. The van der Waals surface area contributed by atoms with Crippen molar-refractivity contribution in [3.63, 3.8) is 0 Å². The molecule has 1 aromatic carbocycles. The van der Waals surface area contributed by atoms with Crippen molar-refractivity contribution in [1.29, 1.82) is 0 Å². The number of hydrogen-bond donors (Lipinski definition) is 0. The molecule has 0 aromatic heterocycles. The van der Waals surface area contributed by atoms with Crippen LogP contribution < -0.4 is 0 Å². The van der Waals surface area contributed by atoms with E-state index >= 15 is 0 Å². The molecule has 0 bridgehead atoms. The average Bonchev–Trinajstić information content (AvgIpc) is 1.91. The van der Waals surface area contributed by atoms with Gasteiger partial charge in [-0.15, -0.1) is 0 Å². The Kier molecular flexibility index (Phi) is 3.72. The summed E-state index contributed by atoms with van der Waals surface area (Å²) in [5.41, 5.74) is 8.63. The zero-order valence-electron chi connectivity index (χ0n) is 5.23. The maximum Gasteiger partial charge on any atom is 0.0375 e. The molecule has 2 N–H and O–H groups in total. The standard InChI is InChI=1S/C6H5N3.H2O/c7-9-8-6-4-2-1-3-5-6;/h1-5H;1H2. The van der Waals surface area contributed by atoms with E-state index in [-0.39, 0.29) is 5.48 Å². The van der Waals surface area contributed by atoms with E-state index in [1.54, 1.807) is 12.1 Å². The van der Waals surface area contributed by atoms with Crippen LogP contribution in [0.5, 0.6) is 0 Å². The van der Waals surface area contributed by atoms with Crippen molar-refractivity contribution >= 4 is 5.69 Å². The van der Waals surface area contributed by atoms with E-state index in [1.165, 1.54) is 0 Å². The molecule has 0 heterocycles. The fourth-order valence-electron chi connectivity index (χ4n) is 0.546. The van der Waals surface area contributed by atoms with Gasteiger partial charge in [-0.1, -0.05) is 35.4 Å². The lowest BCUT2D eigenvalue weighted by Crippen LogP contribution is -1.56. The molecule has 4 nitrogen and oxygen atoms in total. The predicted molar refractivity (Wildman–Crippen MR) is 38.9 cm³/mol. The first-order valence-corrected chi connectivity index (χ1v) is 2.53. The number of rotatable bonds is 1. The lowest BCUT2D eigenvalue weighted by Gasteiger charge is -1.83. The van der Waals surface area contributed by atoms with Crippen LogP contribution in [-0.2, 0) is 0 Å². The number of azide groups is 1. The monoisotopic (exact) mass is 137 g/mol. The number of benzene rings is 1. The highest BCUT2D eigenvalue weighted by atomic mass is 16.0. The van der Waals surface area contributed by atoms with Gasteiger partial charge in [0.1, 0.15) is 0 Å². The van der Waals surface area contributed by atoms with E-state index in [0.717, 1.165) is 0 Å². The minimum absolute atomic E-state index is 0. The van der Waals surface area contributed by atoms with Crippen LogP contribution in [0.15, 0.2) is 35.4 Å². The predicted octanol–water partition coefficient (Wildman–Crippen LogP) is 1.80. The molecule has 0 fully saturated rings. The lowest BCUT2D eigenvalue weighted by molar-refractivity contribution is 0.824. The summed E-state index contributed by atoms with van der Waals surface area (Å²) < 4.78 is 0. The van der Waals surface area contributed by atoms with Gasteiger partial charge < -0.3 is 5.48 Å². The Bertz CT molecular complexity index is 228. The zero-order valence-corrected chi connectivity index (χ0v) is 5.23. The van der Waals surface area contributed by atoms with Crippen LogP contribution in [0.25, 0.3) is 10.4 Å². The van der Waals surface area contributed by atoms with Crippen LogP contribution in [0, 0.1) is 0 Å². The van der Waals surface area contributed by atoms with E-state index in [2.05, 4.69) is 10.0 Å². The smallest absolute Gasteiger partial charge is 0.0375 e. The molecule has 10 heavy (non-hydrogen) atoms. The van der Waals surface area contributed by atoms with Gasteiger partial charge in [0.15, 0.2) is 0 Å². The van der Waals surface area contributed by atoms with Gasteiger partial charge in [0.2, 0.25) is 0 Å². The summed E-state index contributed by atoms with van der Waals surface area (Å²) in [6.07, 6.45) is 0. The SMILES string of the molecule is O.[N-]=[N+]=Nc1ccccc1. The average molecular weight is 137 g/mol. The Labute approximate surface area is 58.0 Å². The Morgan fingerprint density at radius 2 is 1.80 bits per heavy atom. The second-order valence-corrected chi connectivity index (χ2v) is 1.52. The van der Waals surface area contributed by atoms with Crippen molar-refractivity contribution in [2.24, 2.45) is 5.11 Å². The summed E-state index contributed by atoms with van der Waals surface area (Å²) in [4.78, 5) is 2.63. The molecule has 0 spiro atoms. The molecule has 4 heteroatoms. The largest absolute Gasteiger partial charge is 0.412 e. The van der Waals surface area contributed by atoms with Gasteiger partial charge in [0, 0.05) is 10.6 Å². The summed E-state index contributed by atoms with van der Waals surface area (Å²) in [6.45, 7) is 0. The molecule has 1 aromatic rings. The minimum atomic E-state index is 0. The van der Waals surface area contributed by atoms with Crippen LogP contribution in [0.3, 0.4) is 0 Å². The Morgan fingerprint density at radius 3 is 2.30 bits per heavy atom. The molecule has 0 aliphatic heterocycles. The van der Waals surface area contributed by atoms with E-state index in [4.69, 9.17) is 5.53 Å². The molecule has 0 amide bonds. The fourth-order valence-corrected chi connectivity index (χ4v) is 0.546. The van der Waals surface area contributed by atoms with Gasteiger partial charge in [-0.3, -0.25) is 0 Å². The maximum atomic E-state index is 7.98. The first kappa shape index (κ1) is 8.49. The summed E-state index contributed by atoms with van der Waals surface area (Å²) >= 11 is 0. The Morgan fingerprint density at radius 1 is 1.20 bits per heavy atom. The Hall–Kier alpha value is -1.51. The molecule has 0 unspecified atom stereocenters. The summed E-state index contributed by atoms with van der Waals surface area (Å²) in [6, 6.07) is 9.02. The molecule has 0 radical (unpaired) electrons. The third-order valence-electron chi connectivity index (χ3n) is 0.916. The highest BCUT2D eigenvalue weighted by Gasteiger charge is 1.78. The molecular weight excluding hydrogens is 130 g/mol. The van der Waals surface area contributed by atoms with Crippen molar-refractivity contribution in [3.8, 4) is 0 Å². The molecule has 0 aliphatic carbocycles. The van der Waals surface area contributed by atoms with Crippen molar-refractivity contribution < 1.29 is 5.48 Å². The van der Waals surface area contributed by atoms with Gasteiger partial charge >= 0.3 is 0 Å². The molecular formula is C6H7N3O. The molecule has 0 saturated heterocycles. The zero-order chi connectivity index (χ0) is 6.53. The van der Waals surface area contributed by atoms with Crippen LogP contribution in [0.1, 0.15) is 0 Å². The van der Waals surface area contributed by atoms with Gasteiger partial charge in [0.25, 0.3) is 0 Å². The number of nitrogens with zero attached hydrogens (tertiary/aromatic N) is 3. The van der Waals surface area contributed by atoms with E-state index in [0.29, 0.717) is 5.69 Å². The highest BCUT2D eigenvalue weighted by molar-refractivity contribution is 5.35. The Balaban J connectivity index is 0.000000810. The van der Waals surface area contributed by atoms with Crippen molar-refractivity contribution in [2.75, 3.05) is 0 Å². The van der Waals surface area contributed by atoms with Gasteiger partial charge in [-0.05, 0) is 5.53 Å². The van der Waals surface area contributed by atoms with Crippen molar-refractivity contribution in [3.05, 3.63) is 40.8 Å². The van der Waals surface area contributed by atoms with Gasteiger partial charge in [0.05, 0.1) is 0 Å². The van der Waals surface area contributed by atoms with Crippen LogP contribution in [0.4, 0.5) is 5.69 Å². The normalized spacial score (nSPS) is 7.20. The fraction of sp³-hybridized carbons (Fsp3) is 0. The van der Waals surface area contributed by atoms with E-state index in [1.807, 2.05) is 18.2 Å². The second-order valence-electron chi connectivity index (χ2n) is 1.52. The van der Waals surface area contributed by atoms with Gasteiger partial charge in [-0.2, -0.15) is 0 Å².